The van der Waals surface area contributed by atoms with Gasteiger partial charge in [0.05, 0.1) is 17.0 Å². The number of aromatic nitrogens is 2. The lowest BCUT2D eigenvalue weighted by atomic mass is 10.1. The summed E-state index contributed by atoms with van der Waals surface area (Å²) < 4.78 is 40.4. The SMILES string of the molecule is CCc1cc(CNCc2ccccc2C(F)(F)F)n(C)n1. The molecule has 0 amide bonds. The molecule has 0 aliphatic carbocycles. The molecule has 1 aromatic heterocycles. The summed E-state index contributed by atoms with van der Waals surface area (Å²) in [6, 6.07) is 7.59. The minimum atomic E-state index is -4.32. The van der Waals surface area contributed by atoms with Crippen LogP contribution in [-0.4, -0.2) is 9.78 Å². The lowest BCUT2D eigenvalue weighted by Gasteiger charge is -2.13. The zero-order chi connectivity index (χ0) is 15.5. The molecule has 0 fully saturated rings. The molecular formula is C15H18F3N3. The lowest BCUT2D eigenvalue weighted by Crippen LogP contribution is -2.18. The Balaban J connectivity index is 2.02. The zero-order valence-corrected chi connectivity index (χ0v) is 12.0. The maximum absolute atomic E-state index is 12.9. The summed E-state index contributed by atoms with van der Waals surface area (Å²) in [7, 11) is 1.83. The van der Waals surface area contributed by atoms with Crippen molar-refractivity contribution in [2.45, 2.75) is 32.6 Å². The first-order chi connectivity index (χ1) is 9.91. The molecule has 1 N–H and O–H groups in total. The van der Waals surface area contributed by atoms with E-state index in [1.807, 2.05) is 20.0 Å². The first-order valence-electron chi connectivity index (χ1n) is 6.79. The highest BCUT2D eigenvalue weighted by atomic mass is 19.4. The van der Waals surface area contributed by atoms with Crippen molar-refractivity contribution in [3.8, 4) is 0 Å². The first kappa shape index (κ1) is 15.6. The summed E-state index contributed by atoms with van der Waals surface area (Å²) in [5.74, 6) is 0. The van der Waals surface area contributed by atoms with Gasteiger partial charge in [0.25, 0.3) is 0 Å². The molecule has 0 bridgehead atoms. The van der Waals surface area contributed by atoms with Crippen molar-refractivity contribution in [3.05, 3.63) is 52.8 Å². The lowest BCUT2D eigenvalue weighted by molar-refractivity contribution is -0.138. The molecule has 2 aromatic rings. The molecule has 1 heterocycles. The third-order valence-corrected chi connectivity index (χ3v) is 3.33. The smallest absolute Gasteiger partial charge is 0.307 e. The number of aryl methyl sites for hydroxylation is 2. The van der Waals surface area contributed by atoms with Crippen LogP contribution in [0.2, 0.25) is 0 Å². The summed E-state index contributed by atoms with van der Waals surface area (Å²) >= 11 is 0. The van der Waals surface area contributed by atoms with Crippen LogP contribution in [0.25, 0.3) is 0 Å². The van der Waals surface area contributed by atoms with Crippen molar-refractivity contribution in [1.29, 1.82) is 0 Å². The summed E-state index contributed by atoms with van der Waals surface area (Å²) in [6.45, 7) is 2.66. The van der Waals surface area contributed by atoms with E-state index in [4.69, 9.17) is 0 Å². The molecule has 2 rings (SSSR count). The standard InChI is InChI=1S/C15H18F3N3/c1-3-12-8-13(21(2)20-12)10-19-9-11-6-4-5-7-14(11)15(16,17)18/h4-8,19H,3,9-10H2,1-2H3. The van der Waals surface area contributed by atoms with E-state index in [9.17, 15) is 13.2 Å². The Hall–Kier alpha value is -1.82. The number of hydrogen-bond acceptors (Lipinski definition) is 2. The van der Waals surface area contributed by atoms with Crippen LogP contribution < -0.4 is 5.32 Å². The predicted molar refractivity (Wildman–Crippen MR) is 74.6 cm³/mol. The molecular weight excluding hydrogens is 279 g/mol. The number of nitrogens with zero attached hydrogens (tertiary/aromatic N) is 2. The Bertz CT molecular complexity index is 602. The molecule has 0 saturated heterocycles. The highest BCUT2D eigenvalue weighted by Gasteiger charge is 2.32. The van der Waals surface area contributed by atoms with Gasteiger partial charge in [-0.05, 0) is 24.1 Å². The van der Waals surface area contributed by atoms with E-state index >= 15 is 0 Å². The molecule has 21 heavy (non-hydrogen) atoms. The molecule has 0 aliphatic rings. The number of rotatable bonds is 5. The van der Waals surface area contributed by atoms with Gasteiger partial charge in [0.15, 0.2) is 0 Å². The monoisotopic (exact) mass is 297 g/mol. The molecule has 0 atom stereocenters. The molecule has 6 heteroatoms. The van der Waals surface area contributed by atoms with Gasteiger partial charge in [-0.2, -0.15) is 18.3 Å². The normalized spacial score (nSPS) is 11.9. The van der Waals surface area contributed by atoms with E-state index in [0.29, 0.717) is 6.54 Å². The van der Waals surface area contributed by atoms with Gasteiger partial charge in [-0.25, -0.2) is 0 Å². The van der Waals surface area contributed by atoms with Crippen LogP contribution in [0.15, 0.2) is 30.3 Å². The molecule has 0 saturated carbocycles. The molecule has 114 valence electrons. The minimum Gasteiger partial charge on any atom is -0.307 e. The molecule has 0 unspecified atom stereocenters. The zero-order valence-electron chi connectivity index (χ0n) is 12.0. The fourth-order valence-corrected chi connectivity index (χ4v) is 2.19. The van der Waals surface area contributed by atoms with Crippen LogP contribution in [0.4, 0.5) is 13.2 Å². The van der Waals surface area contributed by atoms with E-state index in [-0.39, 0.29) is 12.1 Å². The predicted octanol–water partition coefficient (Wildman–Crippen LogP) is 3.29. The molecule has 3 nitrogen and oxygen atoms in total. The Labute approximate surface area is 121 Å². The van der Waals surface area contributed by atoms with Gasteiger partial charge in [-0.1, -0.05) is 25.1 Å². The number of alkyl halides is 3. The third-order valence-electron chi connectivity index (χ3n) is 3.33. The van der Waals surface area contributed by atoms with Crippen LogP contribution in [0.3, 0.4) is 0 Å². The number of nitrogens with one attached hydrogen (secondary N) is 1. The second kappa shape index (κ2) is 6.30. The highest BCUT2D eigenvalue weighted by molar-refractivity contribution is 5.29. The van der Waals surface area contributed by atoms with Crippen molar-refractivity contribution < 1.29 is 13.2 Å². The fourth-order valence-electron chi connectivity index (χ4n) is 2.19. The van der Waals surface area contributed by atoms with Gasteiger partial charge in [0.2, 0.25) is 0 Å². The van der Waals surface area contributed by atoms with Gasteiger partial charge >= 0.3 is 6.18 Å². The van der Waals surface area contributed by atoms with E-state index in [0.717, 1.165) is 23.9 Å². The van der Waals surface area contributed by atoms with Gasteiger partial charge in [0.1, 0.15) is 0 Å². The summed E-state index contributed by atoms with van der Waals surface area (Å²) in [5.41, 5.74) is 1.60. The van der Waals surface area contributed by atoms with E-state index in [1.54, 1.807) is 10.7 Å². The average molecular weight is 297 g/mol. The molecule has 0 radical (unpaired) electrons. The van der Waals surface area contributed by atoms with Gasteiger partial charge < -0.3 is 5.32 Å². The second-order valence-corrected chi connectivity index (χ2v) is 4.86. The Morgan fingerprint density at radius 3 is 2.52 bits per heavy atom. The largest absolute Gasteiger partial charge is 0.416 e. The average Bonchev–Trinajstić information content (AvgIpc) is 2.79. The van der Waals surface area contributed by atoms with Gasteiger partial charge in [-0.3, -0.25) is 4.68 Å². The van der Waals surface area contributed by atoms with Crippen LogP contribution >= 0.6 is 0 Å². The van der Waals surface area contributed by atoms with Crippen LogP contribution in [0.1, 0.15) is 29.4 Å². The third kappa shape index (κ3) is 3.85. The minimum absolute atomic E-state index is 0.169. The maximum atomic E-state index is 12.9. The second-order valence-electron chi connectivity index (χ2n) is 4.86. The van der Waals surface area contributed by atoms with Crippen LogP contribution in [0.5, 0.6) is 0 Å². The Morgan fingerprint density at radius 2 is 1.90 bits per heavy atom. The van der Waals surface area contributed by atoms with Gasteiger partial charge in [0, 0.05) is 20.1 Å². The maximum Gasteiger partial charge on any atom is 0.416 e. The molecule has 0 spiro atoms. The van der Waals surface area contributed by atoms with Crippen molar-refractivity contribution in [2.24, 2.45) is 7.05 Å². The van der Waals surface area contributed by atoms with Crippen LogP contribution in [-0.2, 0) is 32.7 Å². The van der Waals surface area contributed by atoms with Gasteiger partial charge in [-0.15, -0.1) is 0 Å². The van der Waals surface area contributed by atoms with E-state index in [1.165, 1.54) is 12.1 Å². The van der Waals surface area contributed by atoms with E-state index in [2.05, 4.69) is 10.4 Å². The molecule has 1 aromatic carbocycles. The summed E-state index contributed by atoms with van der Waals surface area (Å²) in [4.78, 5) is 0. The quantitative estimate of drug-likeness (QED) is 0.918. The topological polar surface area (TPSA) is 29.9 Å². The number of benzene rings is 1. The Kier molecular flexibility index (Phi) is 4.67. The van der Waals surface area contributed by atoms with Crippen molar-refractivity contribution in [1.82, 2.24) is 15.1 Å². The summed E-state index contributed by atoms with van der Waals surface area (Å²) in [6.07, 6.45) is -3.48. The number of halogens is 3. The Morgan fingerprint density at radius 1 is 1.19 bits per heavy atom. The molecule has 0 aliphatic heterocycles. The van der Waals surface area contributed by atoms with Crippen molar-refractivity contribution >= 4 is 0 Å². The van der Waals surface area contributed by atoms with Crippen LogP contribution in [0, 0.1) is 0 Å². The van der Waals surface area contributed by atoms with Crippen molar-refractivity contribution in [2.75, 3.05) is 0 Å². The number of hydrogen-bond donors (Lipinski definition) is 1. The van der Waals surface area contributed by atoms with Crippen molar-refractivity contribution in [3.63, 3.8) is 0 Å². The fraction of sp³-hybridized carbons (Fsp3) is 0.400. The summed E-state index contributed by atoms with van der Waals surface area (Å²) in [5, 5.41) is 7.36. The first-order valence-corrected chi connectivity index (χ1v) is 6.79. The highest BCUT2D eigenvalue weighted by Crippen LogP contribution is 2.31. The van der Waals surface area contributed by atoms with E-state index < -0.39 is 11.7 Å².